The highest BCUT2D eigenvalue weighted by molar-refractivity contribution is 7.91. The Morgan fingerprint density at radius 3 is 2.62 bits per heavy atom. The van der Waals surface area contributed by atoms with Crippen LogP contribution in [0.15, 0.2) is 22.0 Å². The molecule has 5 nitrogen and oxygen atoms in total. The van der Waals surface area contributed by atoms with E-state index in [1.165, 1.54) is 6.92 Å². The number of anilines is 1. The van der Waals surface area contributed by atoms with Gasteiger partial charge in [0.25, 0.3) is 5.56 Å². The second-order valence-electron chi connectivity index (χ2n) is 2.52. The number of nitrogen functional groups attached to an aromatic ring is 1. The molecule has 13 heavy (non-hydrogen) atoms. The highest BCUT2D eigenvalue weighted by Gasteiger charge is 2.12. The number of aromatic amines is 1. The van der Waals surface area contributed by atoms with E-state index in [0.717, 1.165) is 12.3 Å². The fourth-order valence-corrected chi connectivity index (χ4v) is 1.71. The standard InChI is InChI=1S/C7H10N2O3S/c1-2-13(11,12)5-3-6(8)7(10)9-4-5/h3-4H,2,8H2,1H3,(H,9,10). The number of rotatable bonds is 2. The smallest absolute Gasteiger partial charge is 0.271 e. The molecule has 0 aliphatic carbocycles. The molecule has 1 rings (SSSR count). The van der Waals surface area contributed by atoms with E-state index in [-0.39, 0.29) is 16.3 Å². The molecule has 1 heterocycles. The highest BCUT2D eigenvalue weighted by atomic mass is 32.2. The fraction of sp³-hybridized carbons (Fsp3) is 0.286. The Morgan fingerprint density at radius 2 is 2.15 bits per heavy atom. The summed E-state index contributed by atoms with van der Waals surface area (Å²) in [6.07, 6.45) is 1.15. The number of nitrogens with one attached hydrogen (secondary N) is 1. The van der Waals surface area contributed by atoms with E-state index in [0.29, 0.717) is 0 Å². The molecule has 1 aromatic rings. The third kappa shape index (κ3) is 1.89. The SMILES string of the molecule is CCS(=O)(=O)c1c[nH]c(=O)c(N)c1. The lowest BCUT2D eigenvalue weighted by Gasteiger charge is -2.00. The van der Waals surface area contributed by atoms with Gasteiger partial charge in [-0.05, 0) is 6.07 Å². The van der Waals surface area contributed by atoms with Crippen LogP contribution in [0.25, 0.3) is 0 Å². The van der Waals surface area contributed by atoms with Crippen LogP contribution in [0.2, 0.25) is 0 Å². The Hall–Kier alpha value is -1.30. The predicted octanol–water partition coefficient (Wildman–Crippen LogP) is -0.249. The summed E-state index contributed by atoms with van der Waals surface area (Å²) in [5.41, 5.74) is 4.70. The van der Waals surface area contributed by atoms with Crippen LogP contribution >= 0.6 is 0 Å². The summed E-state index contributed by atoms with van der Waals surface area (Å²) in [5, 5.41) is 0. The molecule has 0 aliphatic rings. The third-order valence-corrected chi connectivity index (χ3v) is 3.36. The molecule has 0 spiro atoms. The molecule has 0 radical (unpaired) electrons. The molecular weight excluding hydrogens is 192 g/mol. The lowest BCUT2D eigenvalue weighted by Crippen LogP contribution is -2.14. The van der Waals surface area contributed by atoms with Crippen molar-refractivity contribution in [2.45, 2.75) is 11.8 Å². The Bertz CT molecular complexity index is 461. The van der Waals surface area contributed by atoms with Gasteiger partial charge in [0.1, 0.15) is 0 Å². The summed E-state index contributed by atoms with van der Waals surface area (Å²) in [4.78, 5) is 13.1. The van der Waals surface area contributed by atoms with Crippen LogP contribution in [-0.4, -0.2) is 19.2 Å². The molecule has 0 saturated heterocycles. The van der Waals surface area contributed by atoms with Crippen molar-refractivity contribution in [3.63, 3.8) is 0 Å². The largest absolute Gasteiger partial charge is 0.394 e. The van der Waals surface area contributed by atoms with E-state index in [1.54, 1.807) is 0 Å². The van der Waals surface area contributed by atoms with Gasteiger partial charge in [-0.2, -0.15) is 0 Å². The van der Waals surface area contributed by atoms with Gasteiger partial charge in [-0.25, -0.2) is 8.42 Å². The first-order valence-corrected chi connectivity index (χ1v) is 5.33. The van der Waals surface area contributed by atoms with Crippen molar-refractivity contribution in [2.75, 3.05) is 11.5 Å². The maximum atomic E-state index is 11.3. The van der Waals surface area contributed by atoms with Crippen LogP contribution < -0.4 is 11.3 Å². The minimum Gasteiger partial charge on any atom is -0.394 e. The van der Waals surface area contributed by atoms with Crippen molar-refractivity contribution in [3.05, 3.63) is 22.6 Å². The number of pyridine rings is 1. The first-order valence-electron chi connectivity index (χ1n) is 3.68. The first kappa shape index (κ1) is 9.79. The van der Waals surface area contributed by atoms with Crippen LogP contribution in [0.3, 0.4) is 0 Å². The van der Waals surface area contributed by atoms with Crippen molar-refractivity contribution < 1.29 is 8.42 Å². The molecular formula is C7H10N2O3S. The Balaban J connectivity index is 3.35. The lowest BCUT2D eigenvalue weighted by atomic mass is 10.4. The van der Waals surface area contributed by atoms with E-state index in [1.807, 2.05) is 0 Å². The van der Waals surface area contributed by atoms with E-state index in [4.69, 9.17) is 5.73 Å². The maximum absolute atomic E-state index is 11.3. The van der Waals surface area contributed by atoms with E-state index >= 15 is 0 Å². The zero-order valence-corrected chi connectivity index (χ0v) is 7.89. The van der Waals surface area contributed by atoms with E-state index < -0.39 is 15.4 Å². The molecule has 0 unspecified atom stereocenters. The second-order valence-corrected chi connectivity index (χ2v) is 4.80. The Labute approximate surface area is 75.5 Å². The van der Waals surface area contributed by atoms with Crippen molar-refractivity contribution in [1.29, 1.82) is 0 Å². The molecule has 0 fully saturated rings. The van der Waals surface area contributed by atoms with Gasteiger partial charge in [0.15, 0.2) is 9.84 Å². The van der Waals surface area contributed by atoms with Crippen LogP contribution in [0.5, 0.6) is 0 Å². The molecule has 0 aromatic carbocycles. The fourth-order valence-electron chi connectivity index (χ4n) is 0.827. The van der Waals surface area contributed by atoms with Crippen LogP contribution in [0.4, 0.5) is 5.69 Å². The summed E-state index contributed by atoms with van der Waals surface area (Å²) in [5.74, 6) is -0.0154. The number of aromatic nitrogens is 1. The molecule has 0 saturated carbocycles. The number of hydrogen-bond acceptors (Lipinski definition) is 4. The van der Waals surface area contributed by atoms with Gasteiger partial charge in [-0.15, -0.1) is 0 Å². The zero-order valence-electron chi connectivity index (χ0n) is 7.07. The minimum atomic E-state index is -3.29. The Kier molecular flexibility index (Phi) is 2.42. The third-order valence-electron chi connectivity index (χ3n) is 1.64. The molecule has 0 atom stereocenters. The predicted molar refractivity (Wildman–Crippen MR) is 49.2 cm³/mol. The average Bonchev–Trinajstić information content (AvgIpc) is 2.09. The molecule has 6 heteroatoms. The summed E-state index contributed by atoms with van der Waals surface area (Å²) < 4.78 is 22.6. The zero-order chi connectivity index (χ0) is 10.1. The van der Waals surface area contributed by atoms with E-state index in [2.05, 4.69) is 4.98 Å². The van der Waals surface area contributed by atoms with Gasteiger partial charge in [-0.1, -0.05) is 6.92 Å². The van der Waals surface area contributed by atoms with Gasteiger partial charge in [0, 0.05) is 6.20 Å². The summed E-state index contributed by atoms with van der Waals surface area (Å²) in [6, 6.07) is 1.16. The lowest BCUT2D eigenvalue weighted by molar-refractivity contribution is 0.597. The van der Waals surface area contributed by atoms with Crippen LogP contribution in [0, 0.1) is 0 Å². The van der Waals surface area contributed by atoms with Crippen molar-refractivity contribution >= 4 is 15.5 Å². The van der Waals surface area contributed by atoms with Gasteiger partial charge >= 0.3 is 0 Å². The quantitative estimate of drug-likeness (QED) is 0.691. The summed E-state index contributed by atoms with van der Waals surface area (Å²) in [7, 11) is -3.29. The molecule has 0 bridgehead atoms. The van der Waals surface area contributed by atoms with E-state index in [9.17, 15) is 13.2 Å². The van der Waals surface area contributed by atoms with Gasteiger partial charge in [-0.3, -0.25) is 4.79 Å². The second kappa shape index (κ2) is 3.21. The van der Waals surface area contributed by atoms with Gasteiger partial charge < -0.3 is 10.7 Å². The summed E-state index contributed by atoms with van der Waals surface area (Å²) >= 11 is 0. The van der Waals surface area contributed by atoms with Gasteiger partial charge in [0.2, 0.25) is 0 Å². The van der Waals surface area contributed by atoms with Crippen molar-refractivity contribution in [3.8, 4) is 0 Å². The maximum Gasteiger partial charge on any atom is 0.271 e. The molecule has 3 N–H and O–H groups in total. The van der Waals surface area contributed by atoms with Gasteiger partial charge in [0.05, 0.1) is 16.3 Å². The van der Waals surface area contributed by atoms with Crippen molar-refractivity contribution in [2.24, 2.45) is 0 Å². The topological polar surface area (TPSA) is 93.0 Å². The highest BCUT2D eigenvalue weighted by Crippen LogP contribution is 2.09. The minimum absolute atomic E-state index is 0.0154. The normalized spacial score (nSPS) is 11.5. The summed E-state index contributed by atoms with van der Waals surface area (Å²) in [6.45, 7) is 1.52. The number of H-pyrrole nitrogens is 1. The first-order chi connectivity index (χ1) is 5.97. The monoisotopic (exact) mass is 202 g/mol. The number of hydrogen-bond donors (Lipinski definition) is 2. The molecule has 72 valence electrons. The van der Waals surface area contributed by atoms with Crippen molar-refractivity contribution in [1.82, 2.24) is 4.98 Å². The molecule has 1 aromatic heterocycles. The number of nitrogens with two attached hydrogens (primary N) is 1. The number of sulfone groups is 1. The Morgan fingerprint density at radius 1 is 1.54 bits per heavy atom. The van der Waals surface area contributed by atoms with Crippen LogP contribution in [-0.2, 0) is 9.84 Å². The molecule has 0 amide bonds. The average molecular weight is 202 g/mol. The molecule has 0 aliphatic heterocycles. The van der Waals surface area contributed by atoms with Crippen LogP contribution in [0.1, 0.15) is 6.92 Å².